The van der Waals surface area contributed by atoms with E-state index in [1.54, 1.807) is 17.6 Å². The maximum Gasteiger partial charge on any atom is 0.308 e. The van der Waals surface area contributed by atoms with Gasteiger partial charge in [0.2, 0.25) is 17.5 Å². The third-order valence-electron chi connectivity index (χ3n) is 4.34. The molecule has 3 N–H and O–H groups in total. The van der Waals surface area contributed by atoms with Crippen molar-refractivity contribution in [3.63, 3.8) is 0 Å². The maximum atomic E-state index is 11.7. The fourth-order valence-corrected chi connectivity index (χ4v) is 2.92. The maximum absolute atomic E-state index is 11.7. The van der Waals surface area contributed by atoms with Crippen LogP contribution in [0, 0.1) is 5.92 Å². The van der Waals surface area contributed by atoms with E-state index in [0.717, 1.165) is 12.8 Å². The van der Waals surface area contributed by atoms with Gasteiger partial charge in [-0.1, -0.05) is 0 Å². The van der Waals surface area contributed by atoms with Gasteiger partial charge >= 0.3 is 11.9 Å². The number of nitrogens with zero attached hydrogens (tertiary/aromatic N) is 1. The zero-order valence-corrected chi connectivity index (χ0v) is 14.8. The summed E-state index contributed by atoms with van der Waals surface area (Å²) in [5.41, 5.74) is 2.26. The Kier molecular flexibility index (Phi) is 6.90. The molecule has 1 heterocycles. The summed E-state index contributed by atoms with van der Waals surface area (Å²) >= 11 is 0. The number of aromatic nitrogens is 1. The highest BCUT2D eigenvalue weighted by molar-refractivity contribution is 6.36. The molecule has 2 rings (SSSR count). The van der Waals surface area contributed by atoms with Crippen LogP contribution in [0.3, 0.4) is 0 Å². The summed E-state index contributed by atoms with van der Waals surface area (Å²) in [6, 6.07) is 3.25. The van der Waals surface area contributed by atoms with Crippen LogP contribution >= 0.6 is 0 Å². The molecule has 0 spiro atoms. The second kappa shape index (κ2) is 9.14. The number of Topliss-reactive ketones (excluding diaryl/α,β-unsaturated/α-hetero) is 1. The largest absolute Gasteiger partial charge is 0.481 e. The number of rotatable bonds is 7. The van der Waals surface area contributed by atoms with Crippen molar-refractivity contribution in [2.24, 2.45) is 11.8 Å². The van der Waals surface area contributed by atoms with Crippen LogP contribution in [-0.4, -0.2) is 43.0 Å². The molecular formula is C17H23N3O6. The molecule has 0 radical (unpaired) electrons. The van der Waals surface area contributed by atoms with Gasteiger partial charge in [-0.05, 0) is 31.7 Å². The summed E-state index contributed by atoms with van der Waals surface area (Å²) in [7, 11) is 2.81. The third kappa shape index (κ3) is 4.92. The molecule has 1 fully saturated rings. The number of ether oxygens (including phenoxy) is 3. The first kappa shape index (κ1) is 19.6. The molecule has 9 nitrogen and oxygen atoms in total. The summed E-state index contributed by atoms with van der Waals surface area (Å²) in [5, 5.41) is 0. The Bertz CT molecular complexity index is 670. The Morgan fingerprint density at radius 3 is 2.46 bits per heavy atom. The zero-order chi connectivity index (χ0) is 19.1. The number of esters is 1. The number of nitrogens with two attached hydrogens (primary N) is 1. The van der Waals surface area contributed by atoms with Crippen molar-refractivity contribution in [3.8, 4) is 11.8 Å². The van der Waals surface area contributed by atoms with Gasteiger partial charge in [-0.3, -0.25) is 19.8 Å². The Hall–Kier alpha value is -2.68. The molecule has 0 aromatic carbocycles. The fourth-order valence-electron chi connectivity index (χ4n) is 2.92. The first-order valence-corrected chi connectivity index (χ1v) is 8.30. The van der Waals surface area contributed by atoms with Crippen LogP contribution in [0.2, 0.25) is 0 Å². The van der Waals surface area contributed by atoms with Gasteiger partial charge in [0, 0.05) is 18.1 Å². The molecular weight excluding hydrogens is 342 g/mol. The number of amides is 1. The van der Waals surface area contributed by atoms with Crippen LogP contribution in [-0.2, 0) is 25.5 Å². The molecule has 1 saturated carbocycles. The van der Waals surface area contributed by atoms with Gasteiger partial charge in [-0.15, -0.1) is 0 Å². The van der Waals surface area contributed by atoms with Crippen molar-refractivity contribution in [1.29, 1.82) is 0 Å². The number of carbonyl (C=O) groups excluding carboxylic acids is 3. The fraction of sp³-hybridized carbons (Fsp3) is 0.529. The molecule has 0 aliphatic heterocycles. The SMILES string of the molecule is COC(=O)C1CCC(Oc2ccc(CC(=O)C(=O)NN)c(OC)n2)CC1. The van der Waals surface area contributed by atoms with Crippen molar-refractivity contribution in [3.05, 3.63) is 17.7 Å². The van der Waals surface area contributed by atoms with Crippen molar-refractivity contribution in [2.45, 2.75) is 38.2 Å². The zero-order valence-electron chi connectivity index (χ0n) is 14.8. The smallest absolute Gasteiger partial charge is 0.308 e. The lowest BCUT2D eigenvalue weighted by Crippen LogP contribution is -2.37. The third-order valence-corrected chi connectivity index (χ3v) is 4.34. The minimum Gasteiger partial charge on any atom is -0.481 e. The summed E-state index contributed by atoms with van der Waals surface area (Å²) < 4.78 is 15.8. The molecule has 1 aliphatic rings. The van der Waals surface area contributed by atoms with Gasteiger partial charge in [0.25, 0.3) is 0 Å². The van der Waals surface area contributed by atoms with E-state index in [9.17, 15) is 14.4 Å². The van der Waals surface area contributed by atoms with E-state index in [-0.39, 0.29) is 30.3 Å². The van der Waals surface area contributed by atoms with Gasteiger partial charge in [-0.25, -0.2) is 5.84 Å². The Labute approximate surface area is 151 Å². The van der Waals surface area contributed by atoms with Crippen LogP contribution in [0.1, 0.15) is 31.2 Å². The number of hydrazine groups is 1. The van der Waals surface area contributed by atoms with Crippen LogP contribution < -0.4 is 20.7 Å². The summed E-state index contributed by atoms with van der Waals surface area (Å²) in [6.07, 6.45) is 2.62. The van der Waals surface area contributed by atoms with E-state index < -0.39 is 11.7 Å². The highest BCUT2D eigenvalue weighted by Crippen LogP contribution is 2.29. The average molecular weight is 365 g/mol. The van der Waals surface area contributed by atoms with Gasteiger partial charge in [0.05, 0.1) is 20.1 Å². The van der Waals surface area contributed by atoms with Crippen LogP contribution in [0.5, 0.6) is 11.8 Å². The number of methoxy groups -OCH3 is 2. The number of nitrogens with one attached hydrogen (secondary N) is 1. The summed E-state index contributed by atoms with van der Waals surface area (Å²) in [6.45, 7) is 0. The molecule has 0 unspecified atom stereocenters. The Morgan fingerprint density at radius 2 is 1.88 bits per heavy atom. The molecule has 142 valence electrons. The monoisotopic (exact) mass is 365 g/mol. The summed E-state index contributed by atoms with van der Waals surface area (Å²) in [4.78, 5) is 38.7. The lowest BCUT2D eigenvalue weighted by atomic mass is 9.87. The van der Waals surface area contributed by atoms with E-state index in [2.05, 4.69) is 4.98 Å². The number of ketones is 1. The van der Waals surface area contributed by atoms with E-state index in [1.807, 2.05) is 0 Å². The summed E-state index contributed by atoms with van der Waals surface area (Å²) in [5.74, 6) is 3.69. The van der Waals surface area contributed by atoms with E-state index in [4.69, 9.17) is 20.1 Å². The predicted octanol–water partition coefficient (Wildman–Crippen LogP) is 0.302. The minimum absolute atomic E-state index is 0.0522. The minimum atomic E-state index is -0.880. The molecule has 0 saturated heterocycles. The Balaban J connectivity index is 1.98. The topological polar surface area (TPSA) is 130 Å². The van der Waals surface area contributed by atoms with E-state index in [1.165, 1.54) is 14.2 Å². The lowest BCUT2D eigenvalue weighted by molar-refractivity contribution is -0.147. The molecule has 1 aliphatic carbocycles. The van der Waals surface area contributed by atoms with Crippen molar-refractivity contribution in [2.75, 3.05) is 14.2 Å². The normalized spacial score (nSPS) is 19.3. The number of carbonyl (C=O) groups is 3. The number of hydrogen-bond acceptors (Lipinski definition) is 8. The highest BCUT2D eigenvalue weighted by Gasteiger charge is 2.28. The van der Waals surface area contributed by atoms with Crippen LogP contribution in [0.25, 0.3) is 0 Å². The van der Waals surface area contributed by atoms with Gasteiger partial charge in [0.15, 0.2) is 0 Å². The van der Waals surface area contributed by atoms with Crippen LogP contribution in [0.4, 0.5) is 0 Å². The standard InChI is InChI=1S/C17H23N3O6/c1-24-16-11(9-13(21)15(22)20-18)5-8-14(19-16)26-12-6-3-10(4-7-12)17(23)25-2/h5,8,10,12H,3-4,6-7,9,18H2,1-2H3,(H,20,22). The predicted molar refractivity (Wildman–Crippen MR) is 90.2 cm³/mol. The van der Waals surface area contributed by atoms with Gasteiger partial charge < -0.3 is 14.2 Å². The number of hydrogen-bond donors (Lipinski definition) is 2. The lowest BCUT2D eigenvalue weighted by Gasteiger charge is -2.27. The van der Waals surface area contributed by atoms with Crippen molar-refractivity contribution in [1.82, 2.24) is 10.4 Å². The average Bonchev–Trinajstić information content (AvgIpc) is 2.68. The first-order valence-electron chi connectivity index (χ1n) is 8.30. The van der Waals surface area contributed by atoms with Gasteiger partial charge in [0.1, 0.15) is 6.10 Å². The quantitative estimate of drug-likeness (QED) is 0.232. The molecule has 1 aromatic heterocycles. The second-order valence-corrected chi connectivity index (χ2v) is 6.01. The molecule has 9 heteroatoms. The first-order chi connectivity index (χ1) is 12.5. The second-order valence-electron chi connectivity index (χ2n) is 6.01. The van der Waals surface area contributed by atoms with Crippen LogP contribution in [0.15, 0.2) is 12.1 Å². The van der Waals surface area contributed by atoms with Crippen molar-refractivity contribution >= 4 is 17.7 Å². The Morgan fingerprint density at radius 1 is 1.19 bits per heavy atom. The molecule has 0 bridgehead atoms. The molecule has 0 atom stereocenters. The van der Waals surface area contributed by atoms with Crippen molar-refractivity contribution < 1.29 is 28.6 Å². The number of pyridine rings is 1. The van der Waals surface area contributed by atoms with E-state index in [0.29, 0.717) is 24.3 Å². The molecule has 26 heavy (non-hydrogen) atoms. The molecule has 1 amide bonds. The van der Waals surface area contributed by atoms with E-state index >= 15 is 0 Å². The highest BCUT2D eigenvalue weighted by atomic mass is 16.5. The molecule has 1 aromatic rings. The van der Waals surface area contributed by atoms with Gasteiger partial charge in [-0.2, -0.15) is 4.98 Å².